The molecular formula is C13H13FN4. The first-order chi connectivity index (χ1) is 8.74. The van der Waals surface area contributed by atoms with Gasteiger partial charge in [-0.15, -0.1) is 0 Å². The van der Waals surface area contributed by atoms with Crippen molar-refractivity contribution in [1.82, 2.24) is 14.9 Å². The van der Waals surface area contributed by atoms with Gasteiger partial charge in [-0.3, -0.25) is 0 Å². The number of imidazole rings is 1. The maximum atomic E-state index is 13.2. The van der Waals surface area contributed by atoms with E-state index in [0.29, 0.717) is 24.2 Å². The molecule has 1 aromatic heterocycles. The van der Waals surface area contributed by atoms with E-state index in [1.807, 2.05) is 17.8 Å². The van der Waals surface area contributed by atoms with Crippen molar-refractivity contribution < 1.29 is 4.39 Å². The number of hydrogen-bond donors (Lipinski definition) is 1. The predicted octanol–water partition coefficient (Wildman–Crippen LogP) is 1.66. The van der Waals surface area contributed by atoms with Crippen molar-refractivity contribution in [3.63, 3.8) is 0 Å². The van der Waals surface area contributed by atoms with Crippen molar-refractivity contribution >= 4 is 0 Å². The minimum Gasteiger partial charge on any atom is -0.329 e. The van der Waals surface area contributed by atoms with Gasteiger partial charge in [0.2, 0.25) is 0 Å². The predicted molar refractivity (Wildman–Crippen MR) is 65.2 cm³/mol. The van der Waals surface area contributed by atoms with E-state index in [0.717, 1.165) is 5.82 Å². The Morgan fingerprint density at radius 3 is 3.06 bits per heavy atom. The molecule has 0 unspecified atom stereocenters. The van der Waals surface area contributed by atoms with Crippen LogP contribution in [0.2, 0.25) is 0 Å². The molecule has 5 heteroatoms. The smallest absolute Gasteiger partial charge is 0.123 e. The van der Waals surface area contributed by atoms with Gasteiger partial charge in [0.1, 0.15) is 11.6 Å². The molecule has 0 radical (unpaired) electrons. The molecule has 0 aliphatic heterocycles. The Bertz CT molecular complexity index is 583. The highest BCUT2D eigenvalue weighted by atomic mass is 19.1. The van der Waals surface area contributed by atoms with E-state index >= 15 is 0 Å². The number of rotatable bonds is 4. The number of benzene rings is 1. The first-order valence-corrected chi connectivity index (χ1v) is 5.57. The lowest BCUT2D eigenvalue weighted by molar-refractivity contribution is 0.620. The molecule has 92 valence electrons. The second-order valence-electron chi connectivity index (χ2n) is 3.91. The van der Waals surface area contributed by atoms with Crippen LogP contribution in [0.3, 0.4) is 0 Å². The second-order valence-corrected chi connectivity index (χ2v) is 3.91. The van der Waals surface area contributed by atoms with E-state index in [-0.39, 0.29) is 5.82 Å². The minimum absolute atomic E-state index is 0.334. The van der Waals surface area contributed by atoms with Crippen LogP contribution >= 0.6 is 0 Å². The maximum absolute atomic E-state index is 13.2. The van der Waals surface area contributed by atoms with Crippen LogP contribution in [0.1, 0.15) is 17.0 Å². The number of nitrogens with zero attached hydrogens (tertiary/aromatic N) is 3. The third-order valence-electron chi connectivity index (χ3n) is 2.67. The van der Waals surface area contributed by atoms with Crippen molar-refractivity contribution in [3.8, 4) is 6.07 Å². The van der Waals surface area contributed by atoms with Gasteiger partial charge in [0.25, 0.3) is 0 Å². The number of aromatic nitrogens is 2. The van der Waals surface area contributed by atoms with Gasteiger partial charge in [-0.25, -0.2) is 9.37 Å². The zero-order valence-electron chi connectivity index (χ0n) is 10.0. The Kier molecular flexibility index (Phi) is 3.70. The summed E-state index contributed by atoms with van der Waals surface area (Å²) >= 11 is 0. The summed E-state index contributed by atoms with van der Waals surface area (Å²) in [6.07, 6.45) is 3.51. The minimum atomic E-state index is -0.334. The lowest BCUT2D eigenvalue weighted by Crippen LogP contribution is -2.13. The van der Waals surface area contributed by atoms with Gasteiger partial charge >= 0.3 is 0 Å². The lowest BCUT2D eigenvalue weighted by Gasteiger charge is -2.09. The molecule has 1 N–H and O–H groups in total. The Balaban J connectivity index is 2.31. The largest absolute Gasteiger partial charge is 0.329 e. The fourth-order valence-corrected chi connectivity index (χ4v) is 1.80. The van der Waals surface area contributed by atoms with E-state index in [9.17, 15) is 4.39 Å². The Hall–Kier alpha value is -2.19. The highest BCUT2D eigenvalue weighted by Crippen LogP contribution is 2.13. The van der Waals surface area contributed by atoms with E-state index in [4.69, 9.17) is 5.26 Å². The molecule has 0 saturated carbocycles. The van der Waals surface area contributed by atoms with Crippen LogP contribution in [0.25, 0.3) is 0 Å². The number of nitriles is 1. The average molecular weight is 244 g/mol. The number of nitrogens with one attached hydrogen (secondary N) is 1. The summed E-state index contributed by atoms with van der Waals surface area (Å²) in [5.74, 6) is 0.518. The number of hydrogen-bond acceptors (Lipinski definition) is 3. The molecule has 0 aliphatic carbocycles. The van der Waals surface area contributed by atoms with E-state index < -0.39 is 0 Å². The van der Waals surface area contributed by atoms with Crippen LogP contribution in [-0.4, -0.2) is 16.6 Å². The Labute approximate surface area is 105 Å². The van der Waals surface area contributed by atoms with Crippen LogP contribution in [0.4, 0.5) is 4.39 Å². The van der Waals surface area contributed by atoms with Crippen molar-refractivity contribution in [1.29, 1.82) is 5.26 Å². The molecule has 0 bridgehead atoms. The van der Waals surface area contributed by atoms with Crippen LogP contribution in [0.5, 0.6) is 0 Å². The van der Waals surface area contributed by atoms with Crippen LogP contribution in [-0.2, 0) is 13.1 Å². The SMILES string of the molecule is CNCc1nccn1Cc1cc(F)ccc1C#N. The lowest BCUT2D eigenvalue weighted by atomic mass is 10.1. The van der Waals surface area contributed by atoms with Gasteiger partial charge in [0.05, 0.1) is 24.7 Å². The fraction of sp³-hybridized carbons (Fsp3) is 0.231. The molecule has 4 nitrogen and oxygen atoms in total. The summed E-state index contributed by atoms with van der Waals surface area (Å²) in [6.45, 7) is 1.07. The average Bonchev–Trinajstić information content (AvgIpc) is 2.78. The van der Waals surface area contributed by atoms with Gasteiger partial charge in [0, 0.05) is 12.4 Å². The quantitative estimate of drug-likeness (QED) is 0.890. The molecular weight excluding hydrogens is 231 g/mol. The molecule has 0 saturated heterocycles. The van der Waals surface area contributed by atoms with Gasteiger partial charge in [-0.1, -0.05) is 0 Å². The summed E-state index contributed by atoms with van der Waals surface area (Å²) in [5.41, 5.74) is 1.15. The first-order valence-electron chi connectivity index (χ1n) is 5.57. The topological polar surface area (TPSA) is 53.6 Å². The van der Waals surface area contributed by atoms with Gasteiger partial charge in [-0.2, -0.15) is 5.26 Å². The Morgan fingerprint density at radius 1 is 1.50 bits per heavy atom. The first kappa shape index (κ1) is 12.3. The summed E-state index contributed by atoms with van der Waals surface area (Å²) in [6, 6.07) is 6.26. The molecule has 0 atom stereocenters. The van der Waals surface area contributed by atoms with Gasteiger partial charge in [-0.05, 0) is 30.8 Å². The molecule has 0 aliphatic rings. The van der Waals surface area contributed by atoms with E-state index in [2.05, 4.69) is 16.4 Å². The zero-order chi connectivity index (χ0) is 13.0. The number of halogens is 1. The van der Waals surface area contributed by atoms with Crippen LogP contribution in [0.15, 0.2) is 30.6 Å². The van der Waals surface area contributed by atoms with Gasteiger partial charge < -0.3 is 9.88 Å². The molecule has 2 aromatic rings. The normalized spacial score (nSPS) is 10.3. The third kappa shape index (κ3) is 2.55. The summed E-state index contributed by atoms with van der Waals surface area (Å²) in [5, 5.41) is 12.0. The van der Waals surface area contributed by atoms with Crippen molar-refractivity contribution in [2.24, 2.45) is 0 Å². The fourth-order valence-electron chi connectivity index (χ4n) is 1.80. The van der Waals surface area contributed by atoms with Crippen LogP contribution in [0, 0.1) is 17.1 Å². The van der Waals surface area contributed by atoms with E-state index in [1.54, 1.807) is 6.20 Å². The summed E-state index contributed by atoms with van der Waals surface area (Å²) in [4.78, 5) is 4.20. The molecule has 0 spiro atoms. The summed E-state index contributed by atoms with van der Waals surface area (Å²) in [7, 11) is 1.84. The molecule has 1 aromatic carbocycles. The summed E-state index contributed by atoms with van der Waals surface area (Å²) < 4.78 is 15.1. The monoisotopic (exact) mass is 244 g/mol. The highest BCUT2D eigenvalue weighted by molar-refractivity contribution is 5.38. The zero-order valence-corrected chi connectivity index (χ0v) is 10.0. The van der Waals surface area contributed by atoms with Crippen molar-refractivity contribution in [2.45, 2.75) is 13.1 Å². The standard InChI is InChI=1S/C13H13FN4/c1-16-8-13-17-4-5-18(13)9-11-6-12(14)3-2-10(11)7-15/h2-6,16H,8-9H2,1H3. The Morgan fingerprint density at radius 2 is 2.33 bits per heavy atom. The van der Waals surface area contributed by atoms with Crippen molar-refractivity contribution in [3.05, 3.63) is 53.4 Å². The molecule has 0 fully saturated rings. The second kappa shape index (κ2) is 5.43. The van der Waals surface area contributed by atoms with Gasteiger partial charge in [0.15, 0.2) is 0 Å². The molecule has 2 rings (SSSR count). The van der Waals surface area contributed by atoms with Crippen LogP contribution < -0.4 is 5.32 Å². The molecule has 0 amide bonds. The maximum Gasteiger partial charge on any atom is 0.123 e. The molecule has 1 heterocycles. The third-order valence-corrected chi connectivity index (χ3v) is 2.67. The van der Waals surface area contributed by atoms with Crippen molar-refractivity contribution in [2.75, 3.05) is 7.05 Å². The molecule has 18 heavy (non-hydrogen) atoms. The highest BCUT2D eigenvalue weighted by Gasteiger charge is 2.07. The van der Waals surface area contributed by atoms with E-state index in [1.165, 1.54) is 18.2 Å².